The Labute approximate surface area is 240 Å². The molecule has 0 saturated heterocycles. The molecule has 0 aliphatic carbocycles. The molecule has 2 heterocycles. The van der Waals surface area contributed by atoms with Crippen LogP contribution in [0.5, 0.6) is 23.0 Å². The third kappa shape index (κ3) is 6.49. The van der Waals surface area contributed by atoms with Crippen molar-refractivity contribution in [3.8, 4) is 23.0 Å². The molecule has 13 heteroatoms. The van der Waals surface area contributed by atoms with Gasteiger partial charge in [-0.25, -0.2) is 0 Å². The molecule has 0 fully saturated rings. The number of fused-ring (bicyclic) bond motifs is 4. The van der Waals surface area contributed by atoms with Crippen LogP contribution >= 0.6 is 0 Å². The Balaban J connectivity index is 0.000000748. The van der Waals surface area contributed by atoms with E-state index in [0.29, 0.717) is 28.6 Å². The van der Waals surface area contributed by atoms with Crippen LogP contribution in [-0.4, -0.2) is 50.9 Å². The third-order valence-electron chi connectivity index (χ3n) is 6.39. The predicted octanol–water partition coefficient (Wildman–Crippen LogP) is 5.19. The Bertz CT molecular complexity index is 1950. The highest BCUT2D eigenvalue weighted by Crippen LogP contribution is 2.37. The molecule has 0 saturated carbocycles. The van der Waals surface area contributed by atoms with Crippen LogP contribution in [-0.2, 0) is 10.4 Å². The number of nitro benzene ring substituents is 1. The van der Waals surface area contributed by atoms with Gasteiger partial charge in [-0.1, -0.05) is 12.1 Å². The molecule has 0 radical (unpaired) electrons. The van der Waals surface area contributed by atoms with E-state index in [1.54, 1.807) is 40.6 Å². The summed E-state index contributed by atoms with van der Waals surface area (Å²) in [7, 11) is 1.77. The maximum Gasteiger partial charge on any atom is 0.394 e. The molecule has 2 N–H and O–H groups in total. The fourth-order valence-corrected chi connectivity index (χ4v) is 4.58. The maximum absolute atomic E-state index is 11.3. The predicted molar refractivity (Wildman–Crippen MR) is 157 cm³/mol. The van der Waals surface area contributed by atoms with Gasteiger partial charge in [0.1, 0.15) is 0 Å². The van der Waals surface area contributed by atoms with Crippen LogP contribution in [0, 0.1) is 10.1 Å². The largest absolute Gasteiger partial charge is 0.493 e. The van der Waals surface area contributed by atoms with Gasteiger partial charge in [-0.2, -0.15) is 12.8 Å². The van der Waals surface area contributed by atoms with Crippen molar-refractivity contribution in [2.45, 2.75) is 0 Å². The van der Waals surface area contributed by atoms with Crippen molar-refractivity contribution in [3.63, 3.8) is 0 Å². The lowest BCUT2D eigenvalue weighted by atomic mass is 10.0. The van der Waals surface area contributed by atoms with Gasteiger partial charge in [0.05, 0.1) is 44.1 Å². The number of hydrogen-bond donors (Lipinski definition) is 2. The van der Waals surface area contributed by atoms with Crippen LogP contribution in [0.1, 0.15) is 11.3 Å². The Kier molecular flexibility index (Phi) is 8.76. The van der Waals surface area contributed by atoms with E-state index < -0.39 is 15.3 Å². The molecule has 42 heavy (non-hydrogen) atoms. The summed E-state index contributed by atoms with van der Waals surface area (Å²) < 4.78 is 55.9. The molecule has 0 bridgehead atoms. The molecule has 0 aliphatic rings. The summed E-state index contributed by atoms with van der Waals surface area (Å²) in [6.07, 6.45) is 5.81. The van der Waals surface area contributed by atoms with E-state index in [-0.39, 0.29) is 5.69 Å². The first-order chi connectivity index (χ1) is 20.0. The Hall–Kier alpha value is -4.98. The average molecular weight is 596 g/mol. The van der Waals surface area contributed by atoms with Crippen molar-refractivity contribution in [3.05, 3.63) is 88.2 Å². The van der Waals surface area contributed by atoms with Crippen LogP contribution in [0.2, 0.25) is 0 Å². The summed E-state index contributed by atoms with van der Waals surface area (Å²) in [5, 5.41) is 15.1. The normalized spacial score (nSPS) is 11.4. The van der Waals surface area contributed by atoms with Crippen LogP contribution in [0.25, 0.3) is 39.2 Å². The summed E-state index contributed by atoms with van der Waals surface area (Å²) in [5.74, 6) is 2.50. The number of methoxy groups -OCH3 is 4. The standard InChI is InChI=1S/C29H25N2O6.H2O4S/c1-34-26-14-19-10-11-30-24(9-8-18-6-5-7-21(12-18)31(32)33)23-17-29(37-4)27(35-2)15-20(23)13-25(30)22(19)16-28(26)36-3;1-5(2,3)4/h5-17H,1-4H3;(H2,1,2,3,4)/q+1;/b9-8+;. The van der Waals surface area contributed by atoms with Gasteiger partial charge in [-0.15, -0.1) is 0 Å². The minimum Gasteiger partial charge on any atom is -0.493 e. The van der Waals surface area contributed by atoms with Gasteiger partial charge < -0.3 is 18.9 Å². The fraction of sp³-hybridized carbons (Fsp3) is 0.138. The van der Waals surface area contributed by atoms with Crippen LogP contribution in [0.3, 0.4) is 0 Å². The van der Waals surface area contributed by atoms with Crippen molar-refractivity contribution in [1.82, 2.24) is 0 Å². The van der Waals surface area contributed by atoms with Gasteiger partial charge in [0.2, 0.25) is 11.2 Å². The Morgan fingerprint density at radius 3 is 1.88 bits per heavy atom. The van der Waals surface area contributed by atoms with Gasteiger partial charge >= 0.3 is 10.4 Å². The van der Waals surface area contributed by atoms with E-state index >= 15 is 0 Å². The van der Waals surface area contributed by atoms with Gasteiger partial charge in [-0.05, 0) is 46.7 Å². The Morgan fingerprint density at radius 1 is 0.762 bits per heavy atom. The van der Waals surface area contributed by atoms with E-state index in [9.17, 15) is 10.1 Å². The minimum atomic E-state index is -4.67. The summed E-state index contributed by atoms with van der Waals surface area (Å²) in [6, 6.07) is 18.4. The maximum atomic E-state index is 11.3. The SMILES string of the molecule is COc1cc2cc3c4cc(OC)c(OC)cc4cc[n+]3c(/C=C/c3cccc([N+](=O)[O-])c3)c2cc1OC.O=S(=O)(O)O. The smallest absolute Gasteiger partial charge is 0.394 e. The summed E-state index contributed by atoms with van der Waals surface area (Å²) in [4.78, 5) is 10.9. The molecule has 5 rings (SSSR count). The van der Waals surface area contributed by atoms with Crippen molar-refractivity contribution < 1.29 is 45.8 Å². The lowest BCUT2D eigenvalue weighted by molar-refractivity contribution is -0.511. The van der Waals surface area contributed by atoms with E-state index in [1.165, 1.54) is 6.07 Å². The number of non-ortho nitro benzene ring substituents is 1. The van der Waals surface area contributed by atoms with Crippen LogP contribution in [0.4, 0.5) is 5.69 Å². The molecule has 0 spiro atoms. The van der Waals surface area contributed by atoms with Crippen molar-refractivity contribution in [2.75, 3.05) is 28.4 Å². The minimum absolute atomic E-state index is 0.0380. The number of nitrogens with zero attached hydrogens (tertiary/aromatic N) is 2. The molecular weight excluding hydrogens is 568 g/mol. The van der Waals surface area contributed by atoms with E-state index in [1.807, 2.05) is 54.7 Å². The Morgan fingerprint density at radius 2 is 1.31 bits per heavy atom. The molecule has 0 aliphatic heterocycles. The summed E-state index contributed by atoms with van der Waals surface area (Å²) in [5.41, 5.74) is 2.57. The second-order valence-corrected chi connectivity index (χ2v) is 9.72. The number of nitro groups is 1. The first-order valence-corrected chi connectivity index (χ1v) is 13.6. The first-order valence-electron chi connectivity index (χ1n) is 12.2. The highest BCUT2D eigenvalue weighted by atomic mass is 32.3. The molecule has 0 atom stereocenters. The number of rotatable bonds is 7. The van der Waals surface area contributed by atoms with Crippen molar-refractivity contribution >= 4 is 55.3 Å². The molecule has 12 nitrogen and oxygen atoms in total. The highest BCUT2D eigenvalue weighted by Gasteiger charge is 2.20. The number of aromatic nitrogens is 1. The van der Waals surface area contributed by atoms with E-state index in [0.717, 1.165) is 32.8 Å². The topological polar surface area (TPSA) is 159 Å². The number of pyridine rings is 2. The number of benzene rings is 3. The quantitative estimate of drug-likeness (QED) is 0.0640. The molecule has 2 aromatic heterocycles. The van der Waals surface area contributed by atoms with Crippen LogP contribution in [0.15, 0.2) is 66.9 Å². The van der Waals surface area contributed by atoms with Gasteiger partial charge in [-0.3, -0.25) is 19.2 Å². The molecule has 3 aromatic carbocycles. The zero-order valence-corrected chi connectivity index (χ0v) is 23.8. The van der Waals surface area contributed by atoms with Crippen LogP contribution < -0.4 is 23.3 Å². The first kappa shape index (κ1) is 30.0. The zero-order chi connectivity index (χ0) is 30.6. The average Bonchev–Trinajstić information content (AvgIpc) is 2.96. The summed E-state index contributed by atoms with van der Waals surface area (Å²) in [6.45, 7) is 0. The fourth-order valence-electron chi connectivity index (χ4n) is 4.58. The van der Waals surface area contributed by atoms with Gasteiger partial charge in [0.25, 0.3) is 5.69 Å². The lowest BCUT2D eigenvalue weighted by Gasteiger charge is -2.12. The van der Waals surface area contributed by atoms with Gasteiger partial charge in [0.15, 0.2) is 29.2 Å². The monoisotopic (exact) mass is 595 g/mol. The molecule has 5 aromatic rings. The molecule has 218 valence electrons. The third-order valence-corrected chi connectivity index (χ3v) is 6.39. The molecular formula is C29H27N2O10S+. The lowest BCUT2D eigenvalue weighted by Crippen LogP contribution is -2.26. The highest BCUT2D eigenvalue weighted by molar-refractivity contribution is 7.79. The molecule has 0 unspecified atom stereocenters. The zero-order valence-electron chi connectivity index (χ0n) is 23.0. The van der Waals surface area contributed by atoms with E-state index in [2.05, 4.69) is 10.5 Å². The number of hydrogen-bond acceptors (Lipinski definition) is 8. The second kappa shape index (κ2) is 12.3. The number of ether oxygens (including phenoxy) is 4. The van der Waals surface area contributed by atoms with Crippen molar-refractivity contribution in [2.24, 2.45) is 0 Å². The molecule has 0 amide bonds. The van der Waals surface area contributed by atoms with Crippen molar-refractivity contribution in [1.29, 1.82) is 0 Å². The summed E-state index contributed by atoms with van der Waals surface area (Å²) >= 11 is 0. The van der Waals surface area contributed by atoms with E-state index in [4.69, 9.17) is 36.5 Å². The second-order valence-electron chi connectivity index (χ2n) is 8.82. The van der Waals surface area contributed by atoms with Gasteiger partial charge in [0, 0.05) is 30.3 Å².